The summed E-state index contributed by atoms with van der Waals surface area (Å²) in [6.07, 6.45) is 5.80. The maximum atomic E-state index is 13.9. The molecule has 0 saturated heterocycles. The van der Waals surface area contributed by atoms with Crippen LogP contribution in [0.4, 0.5) is 4.39 Å². The fourth-order valence-electron chi connectivity index (χ4n) is 6.97. The second kappa shape index (κ2) is 4.78. The largest absolute Gasteiger partial charge is 0.393 e. The van der Waals surface area contributed by atoms with Crippen molar-refractivity contribution in [1.82, 2.24) is 0 Å². The van der Waals surface area contributed by atoms with Crippen molar-refractivity contribution >= 4 is 5.78 Å². The Bertz CT molecular complexity index is 492. The van der Waals surface area contributed by atoms with Crippen LogP contribution < -0.4 is 0 Å². The highest BCUT2D eigenvalue weighted by Gasteiger charge is 2.62. The third kappa shape index (κ3) is 1.84. The molecule has 0 aromatic carbocycles. The predicted molar refractivity (Wildman–Crippen MR) is 83.0 cm³/mol. The van der Waals surface area contributed by atoms with E-state index in [1.807, 2.05) is 0 Å². The fourth-order valence-corrected chi connectivity index (χ4v) is 6.97. The van der Waals surface area contributed by atoms with E-state index in [-0.39, 0.29) is 22.9 Å². The normalized spacial score (nSPS) is 57.9. The van der Waals surface area contributed by atoms with Gasteiger partial charge < -0.3 is 5.11 Å². The first-order valence-corrected chi connectivity index (χ1v) is 9.21. The first kappa shape index (κ1) is 15.1. The molecule has 0 spiro atoms. The van der Waals surface area contributed by atoms with Gasteiger partial charge in [0.1, 0.15) is 12.0 Å². The zero-order valence-electron chi connectivity index (χ0n) is 13.9. The Morgan fingerprint density at radius 2 is 1.73 bits per heavy atom. The van der Waals surface area contributed by atoms with Gasteiger partial charge in [0.2, 0.25) is 0 Å². The van der Waals surface area contributed by atoms with E-state index < -0.39 is 6.17 Å². The molecule has 3 heteroatoms. The van der Waals surface area contributed by atoms with Crippen LogP contribution in [0.15, 0.2) is 0 Å². The molecule has 8 atom stereocenters. The Kier molecular flexibility index (Phi) is 3.28. The van der Waals surface area contributed by atoms with Gasteiger partial charge in [0, 0.05) is 12.3 Å². The molecule has 2 nitrogen and oxygen atoms in total. The SMILES string of the molecule is C[C@]12CC[C@@H](F)C[C@@H]1C(=O)C[C@@H]1[C@@H]2CC[C@]2(C)[C@@H](O)CC[C@@H]12. The molecule has 1 N–H and O–H groups in total. The Morgan fingerprint density at radius 1 is 1.05 bits per heavy atom. The molecular weight excluding hydrogens is 279 g/mol. The van der Waals surface area contributed by atoms with E-state index in [9.17, 15) is 14.3 Å². The van der Waals surface area contributed by atoms with Gasteiger partial charge in [0.05, 0.1) is 6.10 Å². The molecule has 22 heavy (non-hydrogen) atoms. The summed E-state index contributed by atoms with van der Waals surface area (Å²) >= 11 is 0. The number of carbonyl (C=O) groups is 1. The van der Waals surface area contributed by atoms with Gasteiger partial charge in [0.15, 0.2) is 0 Å². The number of alkyl halides is 1. The number of Topliss-reactive ketones (excluding diaryl/α,β-unsaturated/α-hetero) is 1. The summed E-state index contributed by atoms with van der Waals surface area (Å²) in [5.74, 6) is 1.75. The van der Waals surface area contributed by atoms with Gasteiger partial charge in [-0.3, -0.25) is 4.79 Å². The minimum absolute atomic E-state index is 0.0114. The lowest BCUT2D eigenvalue weighted by Crippen LogP contribution is -2.57. The highest BCUT2D eigenvalue weighted by molar-refractivity contribution is 5.83. The van der Waals surface area contributed by atoms with Gasteiger partial charge >= 0.3 is 0 Å². The lowest BCUT2D eigenvalue weighted by molar-refractivity contribution is -0.159. The number of aliphatic hydroxyl groups is 1. The van der Waals surface area contributed by atoms with E-state index in [0.29, 0.717) is 42.8 Å². The van der Waals surface area contributed by atoms with Crippen LogP contribution in [-0.2, 0) is 4.79 Å². The smallest absolute Gasteiger partial charge is 0.136 e. The molecule has 0 bridgehead atoms. The van der Waals surface area contributed by atoms with Crippen molar-refractivity contribution in [3.8, 4) is 0 Å². The van der Waals surface area contributed by atoms with Gasteiger partial charge in [-0.25, -0.2) is 4.39 Å². The summed E-state index contributed by atoms with van der Waals surface area (Å²) in [6.45, 7) is 4.51. The number of fused-ring (bicyclic) bond motifs is 5. The topological polar surface area (TPSA) is 37.3 Å². The number of hydrogen-bond donors (Lipinski definition) is 1. The molecule has 0 unspecified atom stereocenters. The van der Waals surface area contributed by atoms with Crippen LogP contribution in [0.1, 0.15) is 65.2 Å². The van der Waals surface area contributed by atoms with Crippen LogP contribution in [-0.4, -0.2) is 23.2 Å². The number of aliphatic hydroxyl groups excluding tert-OH is 1. The van der Waals surface area contributed by atoms with E-state index in [1.165, 1.54) is 0 Å². The van der Waals surface area contributed by atoms with Crippen LogP contribution in [0.2, 0.25) is 0 Å². The zero-order chi connectivity index (χ0) is 15.7. The summed E-state index contributed by atoms with van der Waals surface area (Å²) < 4.78 is 13.9. The van der Waals surface area contributed by atoms with E-state index in [0.717, 1.165) is 32.1 Å². The van der Waals surface area contributed by atoms with Gasteiger partial charge in [-0.1, -0.05) is 13.8 Å². The number of carbonyl (C=O) groups excluding carboxylic acids is 1. The van der Waals surface area contributed by atoms with Crippen molar-refractivity contribution in [2.24, 2.45) is 34.5 Å². The van der Waals surface area contributed by atoms with Gasteiger partial charge in [-0.2, -0.15) is 0 Å². The van der Waals surface area contributed by atoms with Gasteiger partial charge in [-0.15, -0.1) is 0 Å². The van der Waals surface area contributed by atoms with Crippen LogP contribution in [0.5, 0.6) is 0 Å². The summed E-state index contributed by atoms with van der Waals surface area (Å²) in [5, 5.41) is 10.4. The second-order valence-corrected chi connectivity index (χ2v) is 9.11. The number of ketones is 1. The average Bonchev–Trinajstić information content (AvgIpc) is 2.77. The predicted octanol–water partition coefficient (Wildman–Crippen LogP) is 3.91. The highest BCUT2D eigenvalue weighted by atomic mass is 19.1. The molecule has 0 aliphatic heterocycles. The van der Waals surface area contributed by atoms with Crippen LogP contribution in [0.25, 0.3) is 0 Å². The molecule has 4 aliphatic carbocycles. The molecule has 0 heterocycles. The molecule has 4 saturated carbocycles. The van der Waals surface area contributed by atoms with Crippen molar-refractivity contribution < 1.29 is 14.3 Å². The molecule has 0 amide bonds. The van der Waals surface area contributed by atoms with Crippen molar-refractivity contribution in [3.63, 3.8) is 0 Å². The third-order valence-corrected chi connectivity index (χ3v) is 8.34. The fraction of sp³-hybridized carbons (Fsp3) is 0.947. The molecule has 0 aromatic heterocycles. The average molecular weight is 308 g/mol. The lowest BCUT2D eigenvalue weighted by Gasteiger charge is -2.59. The van der Waals surface area contributed by atoms with Crippen molar-refractivity contribution in [3.05, 3.63) is 0 Å². The minimum atomic E-state index is -0.777. The number of rotatable bonds is 0. The summed E-state index contributed by atoms with van der Waals surface area (Å²) in [4.78, 5) is 12.8. The second-order valence-electron chi connectivity index (χ2n) is 9.11. The molecule has 4 rings (SSSR count). The maximum absolute atomic E-state index is 13.9. The standard InChI is InChI=1S/C19H29FO2/c1-18-7-5-11(20)9-15(18)16(21)10-12-13-3-4-17(22)19(13,2)8-6-14(12)18/h11-15,17,22H,3-10H2,1-2H3/t11-,12+,13+,14+,15-,17+,18-,19+/m1/s1. The molecule has 0 radical (unpaired) electrons. The lowest BCUT2D eigenvalue weighted by atomic mass is 9.45. The van der Waals surface area contributed by atoms with Gasteiger partial charge in [-0.05, 0) is 73.5 Å². The summed E-state index contributed by atoms with van der Waals surface area (Å²) in [7, 11) is 0. The zero-order valence-corrected chi connectivity index (χ0v) is 13.9. The van der Waals surface area contributed by atoms with Gasteiger partial charge in [0.25, 0.3) is 0 Å². The van der Waals surface area contributed by atoms with Crippen molar-refractivity contribution in [2.75, 3.05) is 0 Å². The Morgan fingerprint density at radius 3 is 2.50 bits per heavy atom. The van der Waals surface area contributed by atoms with Crippen molar-refractivity contribution in [1.29, 1.82) is 0 Å². The molecular formula is C19H29FO2. The molecule has 124 valence electrons. The van der Waals surface area contributed by atoms with Crippen LogP contribution >= 0.6 is 0 Å². The van der Waals surface area contributed by atoms with E-state index >= 15 is 0 Å². The quantitative estimate of drug-likeness (QED) is 0.737. The Labute approximate surface area is 132 Å². The minimum Gasteiger partial charge on any atom is -0.393 e. The van der Waals surface area contributed by atoms with E-state index in [4.69, 9.17) is 0 Å². The van der Waals surface area contributed by atoms with Crippen LogP contribution in [0, 0.1) is 34.5 Å². The Balaban J connectivity index is 1.68. The van der Waals surface area contributed by atoms with Crippen LogP contribution in [0.3, 0.4) is 0 Å². The third-order valence-electron chi connectivity index (χ3n) is 8.34. The molecule has 4 aliphatic rings. The monoisotopic (exact) mass is 308 g/mol. The number of halogens is 1. The maximum Gasteiger partial charge on any atom is 0.136 e. The molecule has 4 fully saturated rings. The Hall–Kier alpha value is -0.440. The van der Waals surface area contributed by atoms with Crippen molar-refractivity contribution in [2.45, 2.75) is 77.5 Å². The first-order chi connectivity index (χ1) is 10.4. The number of hydrogen-bond acceptors (Lipinski definition) is 2. The molecule has 0 aromatic rings. The summed E-state index contributed by atoms with van der Waals surface area (Å²) in [5.41, 5.74) is 0.0272. The summed E-state index contributed by atoms with van der Waals surface area (Å²) in [6, 6.07) is 0. The first-order valence-electron chi connectivity index (χ1n) is 9.21. The van der Waals surface area contributed by atoms with E-state index in [2.05, 4.69) is 13.8 Å². The highest BCUT2D eigenvalue weighted by Crippen LogP contribution is 2.65. The van der Waals surface area contributed by atoms with E-state index in [1.54, 1.807) is 0 Å².